The van der Waals surface area contributed by atoms with E-state index in [-0.39, 0.29) is 0 Å². The minimum Gasteiger partial charge on any atom is -0.383 e. The average molecular weight is 240 g/mol. The predicted octanol–water partition coefficient (Wildman–Crippen LogP) is 2.23. The first-order chi connectivity index (χ1) is 5.97. The summed E-state index contributed by atoms with van der Waals surface area (Å²) in [6, 6.07) is 4.03. The third-order valence-electron chi connectivity index (χ3n) is 1.87. The molecule has 0 amide bonds. The maximum Gasteiger partial charge on any atom is 0.137 e. The van der Waals surface area contributed by atoms with Gasteiger partial charge in [0, 0.05) is 6.20 Å². The van der Waals surface area contributed by atoms with Gasteiger partial charge in [0.05, 0.1) is 16.0 Å². The van der Waals surface area contributed by atoms with Crippen molar-refractivity contribution in [2.24, 2.45) is 0 Å². The van der Waals surface area contributed by atoms with Gasteiger partial charge in [-0.1, -0.05) is 0 Å². The summed E-state index contributed by atoms with van der Waals surface area (Å²) in [5.41, 5.74) is 5.87. The molecule has 68 valence electrons. The van der Waals surface area contributed by atoms with Crippen LogP contribution in [0, 0.1) is 11.3 Å². The minimum absolute atomic E-state index is 0.442. The van der Waals surface area contributed by atoms with E-state index in [0.29, 0.717) is 5.82 Å². The van der Waals surface area contributed by atoms with E-state index in [0.717, 1.165) is 10.0 Å². The van der Waals surface area contributed by atoms with Gasteiger partial charge in [0.15, 0.2) is 0 Å². The summed E-state index contributed by atoms with van der Waals surface area (Å²) in [6.45, 7) is 3.68. The summed E-state index contributed by atoms with van der Waals surface area (Å²) in [5, 5.41) is 8.88. The van der Waals surface area contributed by atoms with E-state index in [2.05, 4.69) is 27.0 Å². The second-order valence-corrected chi connectivity index (χ2v) is 4.18. The fourth-order valence-electron chi connectivity index (χ4n) is 0.855. The van der Waals surface area contributed by atoms with Crippen molar-refractivity contribution in [3.63, 3.8) is 0 Å². The molecule has 2 N–H and O–H groups in total. The second kappa shape index (κ2) is 3.35. The van der Waals surface area contributed by atoms with Crippen molar-refractivity contribution in [3.05, 3.63) is 22.3 Å². The number of nitrogens with zero attached hydrogens (tertiary/aromatic N) is 2. The van der Waals surface area contributed by atoms with Crippen LogP contribution in [0.2, 0.25) is 0 Å². The highest BCUT2D eigenvalue weighted by Crippen LogP contribution is 2.26. The quantitative estimate of drug-likeness (QED) is 0.818. The first kappa shape index (κ1) is 10.0. The number of nitrogen functional groups attached to an aromatic ring is 1. The Labute approximate surface area is 85.7 Å². The van der Waals surface area contributed by atoms with E-state index in [1.165, 1.54) is 0 Å². The Morgan fingerprint density at radius 3 is 2.69 bits per heavy atom. The average Bonchev–Trinajstić information content (AvgIpc) is 2.09. The van der Waals surface area contributed by atoms with Gasteiger partial charge in [0.2, 0.25) is 0 Å². The fraction of sp³-hybridized carbons (Fsp3) is 0.333. The van der Waals surface area contributed by atoms with E-state index >= 15 is 0 Å². The largest absolute Gasteiger partial charge is 0.383 e. The lowest BCUT2D eigenvalue weighted by Gasteiger charge is -2.15. The molecule has 0 saturated carbocycles. The minimum atomic E-state index is -0.525. The van der Waals surface area contributed by atoms with E-state index in [4.69, 9.17) is 11.0 Å². The Balaban J connectivity index is 3.20. The smallest absolute Gasteiger partial charge is 0.137 e. The molecular formula is C9H10BrN3. The molecule has 3 nitrogen and oxygen atoms in total. The number of halogens is 1. The summed E-state index contributed by atoms with van der Waals surface area (Å²) in [7, 11) is 0. The van der Waals surface area contributed by atoms with Crippen LogP contribution in [0.3, 0.4) is 0 Å². The Bertz CT molecular complexity index is 366. The Morgan fingerprint density at radius 1 is 1.62 bits per heavy atom. The van der Waals surface area contributed by atoms with Crippen molar-refractivity contribution in [2.45, 2.75) is 19.3 Å². The van der Waals surface area contributed by atoms with Crippen molar-refractivity contribution in [2.75, 3.05) is 5.73 Å². The van der Waals surface area contributed by atoms with Gasteiger partial charge in [-0.05, 0) is 41.4 Å². The molecule has 0 aliphatic heterocycles. The monoisotopic (exact) mass is 239 g/mol. The van der Waals surface area contributed by atoms with Crippen molar-refractivity contribution < 1.29 is 0 Å². The van der Waals surface area contributed by atoms with Gasteiger partial charge in [0.25, 0.3) is 0 Å². The molecule has 0 fully saturated rings. The molecule has 1 rings (SSSR count). The molecule has 1 aromatic heterocycles. The van der Waals surface area contributed by atoms with Crippen LogP contribution in [0.5, 0.6) is 0 Å². The molecule has 4 heteroatoms. The van der Waals surface area contributed by atoms with Crippen LogP contribution in [-0.4, -0.2) is 4.98 Å². The standard InChI is InChI=1S/C9H10BrN3/c1-9(2,5-11)6-3-7(10)8(12)13-4-6/h3-4H,1-2H3,(H2,12,13). The highest BCUT2D eigenvalue weighted by molar-refractivity contribution is 9.10. The van der Waals surface area contributed by atoms with E-state index in [1.54, 1.807) is 6.20 Å². The number of hydrogen-bond acceptors (Lipinski definition) is 3. The van der Waals surface area contributed by atoms with Crippen molar-refractivity contribution in [1.82, 2.24) is 4.98 Å². The molecule has 0 spiro atoms. The number of hydrogen-bond donors (Lipinski definition) is 1. The summed E-state index contributed by atoms with van der Waals surface area (Å²) in [4.78, 5) is 3.97. The topological polar surface area (TPSA) is 62.7 Å². The number of aromatic nitrogens is 1. The number of pyridine rings is 1. The highest BCUT2D eigenvalue weighted by atomic mass is 79.9. The zero-order chi connectivity index (χ0) is 10.1. The zero-order valence-corrected chi connectivity index (χ0v) is 9.09. The van der Waals surface area contributed by atoms with Crippen LogP contribution < -0.4 is 5.73 Å². The van der Waals surface area contributed by atoms with Gasteiger partial charge in [-0.3, -0.25) is 0 Å². The van der Waals surface area contributed by atoms with E-state index in [1.807, 2.05) is 19.9 Å². The highest BCUT2D eigenvalue weighted by Gasteiger charge is 2.20. The lowest BCUT2D eigenvalue weighted by Crippen LogP contribution is -2.14. The van der Waals surface area contributed by atoms with Crippen LogP contribution in [0.25, 0.3) is 0 Å². The number of nitrogens with two attached hydrogens (primary N) is 1. The molecule has 0 aliphatic rings. The number of rotatable bonds is 1. The van der Waals surface area contributed by atoms with Crippen molar-refractivity contribution >= 4 is 21.7 Å². The molecule has 1 heterocycles. The molecule has 0 atom stereocenters. The van der Waals surface area contributed by atoms with Crippen LogP contribution in [0.4, 0.5) is 5.82 Å². The van der Waals surface area contributed by atoms with Crippen LogP contribution in [0.15, 0.2) is 16.7 Å². The van der Waals surface area contributed by atoms with Gasteiger partial charge in [0.1, 0.15) is 5.82 Å². The molecule has 0 saturated heterocycles. The second-order valence-electron chi connectivity index (χ2n) is 3.33. The number of nitriles is 1. The van der Waals surface area contributed by atoms with Crippen molar-refractivity contribution in [3.8, 4) is 6.07 Å². The Morgan fingerprint density at radius 2 is 2.23 bits per heavy atom. The maximum atomic E-state index is 8.88. The molecular weight excluding hydrogens is 230 g/mol. The summed E-state index contributed by atoms with van der Waals surface area (Å²) < 4.78 is 0.730. The molecule has 0 bridgehead atoms. The molecule has 1 aromatic rings. The van der Waals surface area contributed by atoms with E-state index in [9.17, 15) is 0 Å². The van der Waals surface area contributed by atoms with Crippen LogP contribution >= 0.6 is 15.9 Å². The van der Waals surface area contributed by atoms with Gasteiger partial charge >= 0.3 is 0 Å². The third kappa shape index (κ3) is 1.99. The predicted molar refractivity (Wildman–Crippen MR) is 55.0 cm³/mol. The first-order valence-corrected chi connectivity index (χ1v) is 4.59. The summed E-state index contributed by atoms with van der Waals surface area (Å²) >= 11 is 3.27. The van der Waals surface area contributed by atoms with E-state index < -0.39 is 5.41 Å². The van der Waals surface area contributed by atoms with Crippen LogP contribution in [0.1, 0.15) is 19.4 Å². The normalized spacial score (nSPS) is 10.9. The van der Waals surface area contributed by atoms with Crippen LogP contribution in [-0.2, 0) is 5.41 Å². The molecule has 0 aliphatic carbocycles. The molecule has 0 radical (unpaired) electrons. The third-order valence-corrected chi connectivity index (χ3v) is 2.51. The molecule has 13 heavy (non-hydrogen) atoms. The first-order valence-electron chi connectivity index (χ1n) is 3.80. The lowest BCUT2D eigenvalue weighted by atomic mass is 9.88. The lowest BCUT2D eigenvalue weighted by molar-refractivity contribution is 0.682. The Kier molecular flexibility index (Phi) is 2.58. The maximum absolute atomic E-state index is 8.88. The molecule has 0 aromatic carbocycles. The Hall–Kier alpha value is -1.08. The van der Waals surface area contributed by atoms with Gasteiger partial charge < -0.3 is 5.73 Å². The van der Waals surface area contributed by atoms with Gasteiger partial charge in [-0.2, -0.15) is 5.26 Å². The van der Waals surface area contributed by atoms with Gasteiger partial charge in [-0.15, -0.1) is 0 Å². The fourth-order valence-corrected chi connectivity index (χ4v) is 1.20. The molecule has 0 unspecified atom stereocenters. The number of anilines is 1. The summed E-state index contributed by atoms with van der Waals surface area (Å²) in [6.07, 6.45) is 1.63. The summed E-state index contributed by atoms with van der Waals surface area (Å²) in [5.74, 6) is 0.442. The van der Waals surface area contributed by atoms with Gasteiger partial charge in [-0.25, -0.2) is 4.98 Å². The zero-order valence-electron chi connectivity index (χ0n) is 7.50. The SMILES string of the molecule is CC(C)(C#N)c1cnc(N)c(Br)c1. The van der Waals surface area contributed by atoms with Crippen molar-refractivity contribution in [1.29, 1.82) is 5.26 Å².